The number of ether oxygens (including phenoxy) is 2. The lowest BCUT2D eigenvalue weighted by molar-refractivity contribution is -0.187. The Balaban J connectivity index is 2.17. The minimum absolute atomic E-state index is 0.602. The molecule has 0 saturated heterocycles. The molecule has 0 N–H and O–H groups in total. The maximum absolute atomic E-state index is 12.1. The van der Waals surface area contributed by atoms with Crippen molar-refractivity contribution in [2.24, 2.45) is 0 Å². The number of carbonyl (C=O) groups excluding carboxylic acids is 1. The molecule has 0 aliphatic rings. The summed E-state index contributed by atoms with van der Waals surface area (Å²) >= 11 is 0. The molecule has 22 heavy (non-hydrogen) atoms. The quantitative estimate of drug-likeness (QED) is 0.799. The zero-order chi connectivity index (χ0) is 16.3. The van der Waals surface area contributed by atoms with Gasteiger partial charge in [0, 0.05) is 0 Å². The van der Waals surface area contributed by atoms with Crippen molar-refractivity contribution in [3.63, 3.8) is 0 Å². The van der Waals surface area contributed by atoms with Crippen LogP contribution in [0.5, 0.6) is 5.75 Å². The number of esters is 1. The van der Waals surface area contributed by atoms with Crippen LogP contribution in [0.3, 0.4) is 0 Å². The van der Waals surface area contributed by atoms with E-state index in [2.05, 4.69) is 4.74 Å². The summed E-state index contributed by atoms with van der Waals surface area (Å²) in [6.07, 6.45) is -4.52. The number of rotatable bonds is 4. The number of hydrogen-bond donors (Lipinski definition) is 0. The summed E-state index contributed by atoms with van der Waals surface area (Å²) in [6.45, 7) is -0.0512. The van der Waals surface area contributed by atoms with Crippen LogP contribution in [-0.2, 0) is 9.53 Å². The van der Waals surface area contributed by atoms with E-state index in [0.717, 1.165) is 10.8 Å². The van der Waals surface area contributed by atoms with Crippen LogP contribution in [-0.4, -0.2) is 25.9 Å². The van der Waals surface area contributed by atoms with E-state index in [-0.39, 0.29) is 0 Å². The second-order valence-electron chi connectivity index (χ2n) is 4.92. The smallest absolute Gasteiger partial charge is 0.422 e. The first kappa shape index (κ1) is 16.1. The van der Waals surface area contributed by atoms with Gasteiger partial charge in [-0.2, -0.15) is 13.2 Å². The zero-order valence-corrected chi connectivity index (χ0v) is 12.1. The third-order valence-corrected chi connectivity index (χ3v) is 3.30. The molecular weight excluding hydrogens is 297 g/mol. The summed E-state index contributed by atoms with van der Waals surface area (Å²) in [7, 11) is 1.56. The minimum atomic E-state index is -4.52. The van der Waals surface area contributed by atoms with Gasteiger partial charge in [0.15, 0.2) is 6.61 Å². The van der Waals surface area contributed by atoms with Gasteiger partial charge >= 0.3 is 12.1 Å². The van der Waals surface area contributed by atoms with E-state index in [4.69, 9.17) is 4.74 Å². The fourth-order valence-corrected chi connectivity index (χ4v) is 2.05. The van der Waals surface area contributed by atoms with Crippen LogP contribution in [0.4, 0.5) is 13.2 Å². The van der Waals surface area contributed by atoms with Crippen molar-refractivity contribution in [1.82, 2.24) is 0 Å². The molecule has 2 aromatic rings. The Hall–Kier alpha value is -2.24. The van der Waals surface area contributed by atoms with E-state index >= 15 is 0 Å². The maximum Gasteiger partial charge on any atom is 0.422 e. The van der Waals surface area contributed by atoms with Gasteiger partial charge in [-0.1, -0.05) is 24.3 Å². The summed E-state index contributed by atoms with van der Waals surface area (Å²) in [5, 5.41) is 1.78. The highest BCUT2D eigenvalue weighted by atomic mass is 19.4. The molecule has 2 rings (SSSR count). The number of halogens is 3. The number of hydrogen-bond acceptors (Lipinski definition) is 3. The van der Waals surface area contributed by atoms with Crippen molar-refractivity contribution in [3.05, 3.63) is 42.0 Å². The standard InChI is InChI=1S/C16H15F3O3/c1-10(15(20)22-9-16(17,18)19)11-3-4-13-8-14(21-2)6-5-12(13)7-11/h3-8,10H,9H2,1-2H3/t10-/m0/s1. The van der Waals surface area contributed by atoms with Crippen LogP contribution < -0.4 is 4.74 Å². The van der Waals surface area contributed by atoms with E-state index in [1.165, 1.54) is 6.92 Å². The van der Waals surface area contributed by atoms with Crippen molar-refractivity contribution in [2.45, 2.75) is 19.0 Å². The molecule has 1 atom stereocenters. The van der Waals surface area contributed by atoms with E-state index in [0.29, 0.717) is 11.3 Å². The second kappa shape index (κ2) is 6.25. The molecule has 0 aliphatic heterocycles. The molecule has 0 heterocycles. The Morgan fingerprint density at radius 3 is 2.41 bits per heavy atom. The number of fused-ring (bicyclic) bond motifs is 1. The number of alkyl halides is 3. The number of methoxy groups -OCH3 is 1. The van der Waals surface area contributed by atoms with Crippen molar-refractivity contribution in [2.75, 3.05) is 13.7 Å². The Bertz CT molecular complexity index is 680. The van der Waals surface area contributed by atoms with E-state index in [1.807, 2.05) is 12.1 Å². The van der Waals surface area contributed by atoms with Gasteiger partial charge in [-0.15, -0.1) is 0 Å². The molecule has 0 aliphatic carbocycles. The SMILES string of the molecule is COc1ccc2cc([C@H](C)C(=O)OCC(F)(F)F)ccc2c1. The highest BCUT2D eigenvalue weighted by molar-refractivity contribution is 5.86. The molecule has 0 saturated carbocycles. The van der Waals surface area contributed by atoms with Gasteiger partial charge in [0.25, 0.3) is 0 Å². The predicted octanol–water partition coefficient (Wildman–Crippen LogP) is 4.06. The average Bonchev–Trinajstić information content (AvgIpc) is 2.50. The molecule has 0 amide bonds. The first-order chi connectivity index (χ1) is 10.3. The van der Waals surface area contributed by atoms with Gasteiger partial charge in [-0.3, -0.25) is 4.79 Å². The summed E-state index contributed by atoms with van der Waals surface area (Å²) in [4.78, 5) is 11.7. The van der Waals surface area contributed by atoms with Crippen molar-refractivity contribution in [3.8, 4) is 5.75 Å². The third-order valence-electron chi connectivity index (χ3n) is 3.30. The molecule has 3 nitrogen and oxygen atoms in total. The van der Waals surface area contributed by atoms with Crippen LogP contribution in [0.1, 0.15) is 18.4 Å². The number of carbonyl (C=O) groups is 1. The first-order valence-corrected chi connectivity index (χ1v) is 6.61. The number of benzene rings is 2. The van der Waals surface area contributed by atoms with Gasteiger partial charge in [0.05, 0.1) is 13.0 Å². The Morgan fingerprint density at radius 2 is 1.77 bits per heavy atom. The van der Waals surface area contributed by atoms with Crippen molar-refractivity contribution < 1.29 is 27.4 Å². The molecule has 2 aromatic carbocycles. The van der Waals surface area contributed by atoms with Crippen LogP contribution in [0, 0.1) is 0 Å². The van der Waals surface area contributed by atoms with E-state index in [1.54, 1.807) is 31.4 Å². The van der Waals surface area contributed by atoms with Crippen LogP contribution in [0.15, 0.2) is 36.4 Å². The fraction of sp³-hybridized carbons (Fsp3) is 0.312. The zero-order valence-electron chi connectivity index (χ0n) is 12.1. The van der Waals surface area contributed by atoms with Crippen molar-refractivity contribution >= 4 is 16.7 Å². The van der Waals surface area contributed by atoms with Gasteiger partial charge in [0.2, 0.25) is 0 Å². The Morgan fingerprint density at radius 1 is 1.14 bits per heavy atom. The largest absolute Gasteiger partial charge is 0.497 e. The lowest BCUT2D eigenvalue weighted by Gasteiger charge is -2.14. The van der Waals surface area contributed by atoms with E-state index < -0.39 is 24.7 Å². The maximum atomic E-state index is 12.1. The molecular formula is C16H15F3O3. The van der Waals surface area contributed by atoms with Gasteiger partial charge in [-0.25, -0.2) is 0 Å². The molecule has 0 fully saturated rings. The molecule has 0 radical (unpaired) electrons. The first-order valence-electron chi connectivity index (χ1n) is 6.61. The molecule has 6 heteroatoms. The topological polar surface area (TPSA) is 35.5 Å². The van der Waals surface area contributed by atoms with Crippen molar-refractivity contribution in [1.29, 1.82) is 0 Å². The summed E-state index contributed by atoms with van der Waals surface area (Å²) < 4.78 is 45.6. The Kier molecular flexibility index (Phi) is 4.59. The Labute approximate surface area is 125 Å². The lowest BCUT2D eigenvalue weighted by Crippen LogP contribution is -2.23. The fourth-order valence-electron chi connectivity index (χ4n) is 2.05. The van der Waals surface area contributed by atoms with Gasteiger partial charge in [0.1, 0.15) is 5.75 Å². The highest BCUT2D eigenvalue weighted by Crippen LogP contribution is 2.26. The molecule has 0 unspecified atom stereocenters. The van der Waals surface area contributed by atoms with E-state index in [9.17, 15) is 18.0 Å². The molecule has 0 aromatic heterocycles. The normalized spacial score (nSPS) is 13.0. The van der Waals surface area contributed by atoms with Crippen LogP contribution in [0.25, 0.3) is 10.8 Å². The summed E-state index contributed by atoms with van der Waals surface area (Å²) in [5.41, 5.74) is 0.602. The second-order valence-corrected chi connectivity index (χ2v) is 4.92. The molecule has 118 valence electrons. The average molecular weight is 312 g/mol. The highest BCUT2D eigenvalue weighted by Gasteiger charge is 2.30. The minimum Gasteiger partial charge on any atom is -0.497 e. The van der Waals surface area contributed by atoms with Gasteiger partial charge in [-0.05, 0) is 35.4 Å². The van der Waals surface area contributed by atoms with Gasteiger partial charge < -0.3 is 9.47 Å². The van der Waals surface area contributed by atoms with Crippen LogP contribution >= 0.6 is 0 Å². The molecule has 0 bridgehead atoms. The summed E-state index contributed by atoms with van der Waals surface area (Å²) in [5.74, 6) is -0.961. The lowest BCUT2D eigenvalue weighted by atomic mass is 9.98. The van der Waals surface area contributed by atoms with Crippen LogP contribution in [0.2, 0.25) is 0 Å². The third kappa shape index (κ3) is 3.90. The monoisotopic (exact) mass is 312 g/mol. The predicted molar refractivity (Wildman–Crippen MR) is 75.9 cm³/mol. The molecule has 0 spiro atoms. The summed E-state index contributed by atoms with van der Waals surface area (Å²) in [6, 6.07) is 10.7.